The number of hydrogen-bond acceptors (Lipinski definition) is 4. The summed E-state index contributed by atoms with van der Waals surface area (Å²) in [6.07, 6.45) is 0.732. The minimum atomic E-state index is -2.10. The Bertz CT molecular complexity index is 1410. The lowest BCUT2D eigenvalue weighted by atomic mass is 9.75. The van der Waals surface area contributed by atoms with Gasteiger partial charge in [0.15, 0.2) is 5.82 Å². The van der Waals surface area contributed by atoms with E-state index in [1.807, 2.05) is 6.07 Å². The van der Waals surface area contributed by atoms with E-state index in [0.717, 1.165) is 18.4 Å². The molecule has 1 aromatic carbocycles. The number of ether oxygens (including phenoxy) is 1. The number of halogens is 2. The molecule has 6 nitrogen and oxygen atoms in total. The molecule has 6 unspecified atom stereocenters. The van der Waals surface area contributed by atoms with Crippen molar-refractivity contribution in [2.75, 3.05) is 18.7 Å². The summed E-state index contributed by atoms with van der Waals surface area (Å²) in [6, 6.07) is 6.71. The van der Waals surface area contributed by atoms with Crippen LogP contribution in [0.2, 0.25) is 0 Å². The first-order chi connectivity index (χ1) is 18.8. The molecule has 36 heavy (non-hydrogen) atoms. The monoisotopic (exact) mass is 498 g/mol. The molecule has 0 radical (unpaired) electrons. The second kappa shape index (κ2) is 9.11. The van der Waals surface area contributed by atoms with Crippen molar-refractivity contribution in [3.63, 3.8) is 0 Å². The highest BCUT2D eigenvalue weighted by Gasteiger charge is 2.55. The van der Waals surface area contributed by atoms with Crippen LogP contribution in [-0.4, -0.2) is 40.4 Å². The third-order valence-corrected chi connectivity index (χ3v) is 7.27. The van der Waals surface area contributed by atoms with Crippen molar-refractivity contribution in [2.24, 2.45) is 5.41 Å². The number of amides is 1. The lowest BCUT2D eigenvalue weighted by Crippen LogP contribution is -2.45. The van der Waals surface area contributed by atoms with Gasteiger partial charge in [-0.3, -0.25) is 4.79 Å². The van der Waals surface area contributed by atoms with Crippen molar-refractivity contribution in [1.82, 2.24) is 9.97 Å². The van der Waals surface area contributed by atoms with Gasteiger partial charge in [0, 0.05) is 16.7 Å². The number of hydrogen-bond donors (Lipinski definition) is 2. The molecule has 2 fully saturated rings. The van der Waals surface area contributed by atoms with Crippen LogP contribution in [0.4, 0.5) is 14.5 Å². The number of H-pyrrole nitrogens is 1. The van der Waals surface area contributed by atoms with Crippen molar-refractivity contribution in [3.8, 4) is 6.07 Å². The van der Waals surface area contributed by atoms with E-state index >= 15 is 0 Å². The van der Waals surface area contributed by atoms with Crippen LogP contribution in [0.1, 0.15) is 97.5 Å². The minimum absolute atomic E-state index is 0.0488. The first kappa shape index (κ1) is 20.1. The van der Waals surface area contributed by atoms with Crippen LogP contribution in [-0.2, 0) is 4.74 Å². The number of aromatic nitrogens is 2. The number of anilines is 1. The van der Waals surface area contributed by atoms with Crippen molar-refractivity contribution in [2.45, 2.75) is 75.8 Å². The van der Waals surface area contributed by atoms with E-state index in [1.54, 1.807) is 18.2 Å². The summed E-state index contributed by atoms with van der Waals surface area (Å²) in [5.41, 5.74) is -1.49. The number of benzene rings is 1. The molecule has 6 atom stereocenters. The number of carbonyl (C=O) groups is 1. The maximum atomic E-state index is 14.5. The molecule has 0 saturated carbocycles. The minimum Gasteiger partial charge on any atom is -0.363 e. The third kappa shape index (κ3) is 4.57. The Morgan fingerprint density at radius 3 is 2.81 bits per heavy atom. The highest BCUT2D eigenvalue weighted by molar-refractivity contribution is 6.03. The quantitative estimate of drug-likeness (QED) is 0.494. The maximum absolute atomic E-state index is 14.5. The van der Waals surface area contributed by atoms with Crippen molar-refractivity contribution < 1.29 is 23.8 Å². The Labute approximate surface area is 215 Å². The van der Waals surface area contributed by atoms with Gasteiger partial charge >= 0.3 is 0 Å². The lowest BCUT2D eigenvalue weighted by molar-refractivity contribution is -0.159. The zero-order valence-electron chi connectivity index (χ0n) is 24.3. The predicted molar refractivity (Wildman–Crippen MR) is 133 cm³/mol. The van der Waals surface area contributed by atoms with Gasteiger partial charge in [0.1, 0.15) is 25.1 Å². The Morgan fingerprint density at radius 1 is 1.36 bits per heavy atom. The van der Waals surface area contributed by atoms with E-state index in [0.29, 0.717) is 23.2 Å². The first-order valence-corrected chi connectivity index (χ1v) is 12.0. The summed E-state index contributed by atoms with van der Waals surface area (Å²) < 4.78 is 69.9. The van der Waals surface area contributed by atoms with E-state index in [4.69, 9.17) is 14.1 Å². The fourth-order valence-corrected chi connectivity index (χ4v) is 5.11. The molecular formula is C28H32F2N4O2. The number of nitrogens with zero attached hydrogens (tertiary/aromatic N) is 2. The zero-order valence-corrected chi connectivity index (χ0v) is 20.3. The number of alkyl halides is 2. The molecule has 2 N–H and O–H groups in total. The van der Waals surface area contributed by atoms with Gasteiger partial charge in [-0.1, -0.05) is 26.0 Å². The smallest absolute Gasteiger partial charge is 0.291 e. The standard InChI is InChI=1S/C28H32F2N4O2/c1-26(2)7-5-18(6-8-26)22-11-19(20-12-27(16-29)9-10-28(13-20,17-30)36-27)3-4-23(22)34-25(35)24-32-15-21(14-31)33-24/h3-5,11,15,20H,6-10,12-13,16-17H2,1-2H3,(H,32,33)(H,34,35)/i9D,10D,12D,20D. The molecule has 3 heterocycles. The summed E-state index contributed by atoms with van der Waals surface area (Å²) in [7, 11) is 0. The molecule has 190 valence electrons. The number of nitriles is 1. The molecule has 5 rings (SSSR count). The van der Waals surface area contributed by atoms with Crippen molar-refractivity contribution >= 4 is 17.2 Å². The molecule has 1 aliphatic carbocycles. The van der Waals surface area contributed by atoms with Crippen LogP contribution in [0.5, 0.6) is 0 Å². The lowest BCUT2D eigenvalue weighted by Gasteiger charge is -2.42. The number of nitrogens with one attached hydrogen (secondary N) is 2. The van der Waals surface area contributed by atoms with Crippen LogP contribution >= 0.6 is 0 Å². The number of carbonyl (C=O) groups excluding carboxylic acids is 1. The van der Waals surface area contributed by atoms with E-state index in [2.05, 4.69) is 35.2 Å². The van der Waals surface area contributed by atoms with Gasteiger partial charge in [-0.15, -0.1) is 0 Å². The average molecular weight is 499 g/mol. The fourth-order valence-electron chi connectivity index (χ4n) is 5.11. The van der Waals surface area contributed by atoms with Gasteiger partial charge < -0.3 is 15.0 Å². The summed E-state index contributed by atoms with van der Waals surface area (Å²) in [5, 5.41) is 11.9. The maximum Gasteiger partial charge on any atom is 0.291 e. The van der Waals surface area contributed by atoms with Crippen molar-refractivity contribution in [1.29, 1.82) is 5.26 Å². The van der Waals surface area contributed by atoms with Crippen molar-refractivity contribution in [3.05, 3.63) is 53.1 Å². The Kier molecular flexibility index (Phi) is 5.08. The number of rotatable bonds is 6. The Morgan fingerprint density at radius 2 is 2.14 bits per heavy atom. The van der Waals surface area contributed by atoms with Crippen LogP contribution in [0.25, 0.3) is 5.57 Å². The molecule has 2 aliphatic heterocycles. The van der Waals surface area contributed by atoms with E-state index in [9.17, 15) is 14.9 Å². The fraction of sp³-hybridized carbons (Fsp3) is 0.536. The number of aromatic amines is 1. The molecule has 1 aromatic heterocycles. The number of fused-ring (bicyclic) bond motifs is 2. The van der Waals surface area contributed by atoms with E-state index < -0.39 is 55.5 Å². The van der Waals surface area contributed by atoms with Crippen LogP contribution < -0.4 is 5.32 Å². The third-order valence-electron chi connectivity index (χ3n) is 7.27. The van der Waals surface area contributed by atoms with Gasteiger partial charge in [-0.2, -0.15) is 5.26 Å². The van der Waals surface area contributed by atoms with Gasteiger partial charge in [-0.05, 0) is 79.5 Å². The summed E-state index contributed by atoms with van der Waals surface area (Å²) in [4.78, 5) is 19.6. The second-order valence-electron chi connectivity index (χ2n) is 10.6. The second-order valence-corrected chi connectivity index (χ2v) is 10.6. The number of allylic oxidation sites excluding steroid dienone is 2. The molecule has 1 amide bonds. The normalized spacial score (nSPS) is 38.6. The zero-order chi connectivity index (χ0) is 29.1. The molecular weight excluding hydrogens is 462 g/mol. The average Bonchev–Trinajstić information content (AvgIpc) is 3.50. The van der Waals surface area contributed by atoms with Crippen LogP contribution in [0.3, 0.4) is 0 Å². The number of imidazole rings is 1. The Balaban J connectivity index is 1.59. The van der Waals surface area contributed by atoms with Gasteiger partial charge in [0.25, 0.3) is 5.91 Å². The highest BCUT2D eigenvalue weighted by Crippen LogP contribution is 2.54. The predicted octanol–water partition coefficient (Wildman–Crippen LogP) is 6.23. The molecule has 2 bridgehead atoms. The SMILES string of the molecule is [2H]C1C([2H])C2(CF)OC1(CF)CC([2H])(c1ccc(NC(=O)c3ncc(C#N)[nH]3)c(C3=CCC(C)(C)CC3)c1)C2[2H]. The molecule has 2 aromatic rings. The molecule has 2 saturated heterocycles. The van der Waals surface area contributed by atoms with Crippen LogP contribution in [0, 0.1) is 16.7 Å². The van der Waals surface area contributed by atoms with Gasteiger partial charge in [0.2, 0.25) is 0 Å². The van der Waals surface area contributed by atoms with E-state index in [1.165, 1.54) is 6.20 Å². The summed E-state index contributed by atoms with van der Waals surface area (Å²) >= 11 is 0. The first-order valence-electron chi connectivity index (χ1n) is 14.3. The van der Waals surface area contributed by atoms with Gasteiger partial charge in [-0.25, -0.2) is 13.8 Å². The van der Waals surface area contributed by atoms with Crippen LogP contribution in [0.15, 0.2) is 30.5 Å². The highest BCUT2D eigenvalue weighted by atomic mass is 19.1. The molecule has 8 heteroatoms. The largest absolute Gasteiger partial charge is 0.363 e. The molecule has 3 aliphatic rings. The van der Waals surface area contributed by atoms with Gasteiger partial charge in [0.05, 0.1) is 17.4 Å². The topological polar surface area (TPSA) is 90.8 Å². The summed E-state index contributed by atoms with van der Waals surface area (Å²) in [5.74, 6) is -2.50. The Hall–Kier alpha value is -3.05. The van der Waals surface area contributed by atoms with E-state index in [-0.39, 0.29) is 23.4 Å². The summed E-state index contributed by atoms with van der Waals surface area (Å²) in [6.45, 7) is 1.88. The molecule has 0 spiro atoms.